The first-order valence-corrected chi connectivity index (χ1v) is 5.34. The number of carbonyl (C=O) groups is 1. The molecule has 0 aromatic heterocycles. The van der Waals surface area contributed by atoms with Crippen LogP contribution < -0.4 is 11.1 Å². The highest BCUT2D eigenvalue weighted by molar-refractivity contribution is 7.80. The number of likely N-dealkylation sites (N-methyl/N-ethyl adjacent to an activating group) is 1. The number of nitrogens with two attached hydrogens (primary N) is 1. The molecule has 0 fully saturated rings. The van der Waals surface area contributed by atoms with Gasteiger partial charge in [-0.2, -0.15) is 0 Å². The Labute approximate surface area is 104 Å². The fourth-order valence-electron chi connectivity index (χ4n) is 1.08. The molecule has 0 radical (unpaired) electrons. The number of benzene rings is 1. The smallest absolute Gasteiger partial charge is 0.322 e. The third-order valence-electron chi connectivity index (χ3n) is 1.86. The minimum absolute atomic E-state index is 0.228. The topological polar surface area (TPSA) is 58.4 Å². The van der Waals surface area contributed by atoms with Crippen LogP contribution >= 0.6 is 23.8 Å². The van der Waals surface area contributed by atoms with Crippen LogP contribution in [0.4, 0.5) is 10.5 Å². The number of hydrogen-bond donors (Lipinski definition) is 2. The lowest BCUT2D eigenvalue weighted by Crippen LogP contribution is -2.37. The van der Waals surface area contributed by atoms with E-state index in [-0.39, 0.29) is 17.6 Å². The summed E-state index contributed by atoms with van der Waals surface area (Å²) in [7, 11) is 1.60. The predicted molar refractivity (Wildman–Crippen MR) is 69.9 cm³/mol. The highest BCUT2D eigenvalue weighted by Gasteiger charge is 2.10. The van der Waals surface area contributed by atoms with Crippen LogP contribution in [-0.2, 0) is 0 Å². The molecule has 0 saturated carbocycles. The van der Waals surface area contributed by atoms with Gasteiger partial charge in [-0.25, -0.2) is 4.79 Å². The standard InChI is InChI=1S/C10H12ClN3OS/c1-14(6-9(12)16)10(15)13-8-5-3-2-4-7(8)11/h2-5H,6H2,1H3,(H2,12,16)(H,13,15). The molecule has 3 N–H and O–H groups in total. The average molecular weight is 258 g/mol. The van der Waals surface area contributed by atoms with Gasteiger partial charge in [-0.1, -0.05) is 36.0 Å². The van der Waals surface area contributed by atoms with E-state index in [9.17, 15) is 4.79 Å². The van der Waals surface area contributed by atoms with Gasteiger partial charge in [-0.15, -0.1) is 0 Å². The molecule has 2 amide bonds. The van der Waals surface area contributed by atoms with Crippen LogP contribution in [0.3, 0.4) is 0 Å². The number of rotatable bonds is 3. The molecule has 0 heterocycles. The molecular weight excluding hydrogens is 246 g/mol. The first kappa shape index (κ1) is 12.7. The van der Waals surface area contributed by atoms with Gasteiger partial charge in [-0.3, -0.25) is 0 Å². The molecule has 1 aromatic carbocycles. The summed E-state index contributed by atoms with van der Waals surface area (Å²) in [5, 5.41) is 3.14. The maximum Gasteiger partial charge on any atom is 0.322 e. The molecule has 16 heavy (non-hydrogen) atoms. The lowest BCUT2D eigenvalue weighted by molar-refractivity contribution is 0.228. The van der Waals surface area contributed by atoms with Gasteiger partial charge < -0.3 is 16.0 Å². The molecule has 0 atom stereocenters. The molecule has 0 spiro atoms. The Morgan fingerprint density at radius 3 is 2.75 bits per heavy atom. The molecule has 0 aliphatic heterocycles. The van der Waals surface area contributed by atoms with E-state index in [1.807, 2.05) is 0 Å². The van der Waals surface area contributed by atoms with E-state index < -0.39 is 0 Å². The van der Waals surface area contributed by atoms with Gasteiger partial charge in [0.15, 0.2) is 0 Å². The van der Waals surface area contributed by atoms with Gasteiger partial charge in [0.25, 0.3) is 0 Å². The van der Waals surface area contributed by atoms with E-state index in [1.165, 1.54) is 4.90 Å². The van der Waals surface area contributed by atoms with Crippen LogP contribution in [0, 0.1) is 0 Å². The summed E-state index contributed by atoms with van der Waals surface area (Å²) in [6.07, 6.45) is 0. The Morgan fingerprint density at radius 1 is 1.56 bits per heavy atom. The zero-order valence-electron chi connectivity index (χ0n) is 8.74. The highest BCUT2D eigenvalue weighted by Crippen LogP contribution is 2.20. The van der Waals surface area contributed by atoms with Gasteiger partial charge in [0.05, 0.1) is 22.2 Å². The van der Waals surface area contributed by atoms with Gasteiger partial charge in [0, 0.05) is 7.05 Å². The van der Waals surface area contributed by atoms with E-state index in [1.54, 1.807) is 31.3 Å². The van der Waals surface area contributed by atoms with E-state index in [2.05, 4.69) is 5.32 Å². The average Bonchev–Trinajstić information content (AvgIpc) is 2.20. The number of nitrogens with zero attached hydrogens (tertiary/aromatic N) is 1. The number of amides is 2. The molecule has 1 aromatic rings. The summed E-state index contributed by atoms with van der Waals surface area (Å²) in [6.45, 7) is 0.228. The predicted octanol–water partition coefficient (Wildman–Crippen LogP) is 2.09. The molecule has 0 saturated heterocycles. The molecule has 0 unspecified atom stereocenters. The summed E-state index contributed by atoms with van der Waals surface area (Å²) in [6, 6.07) is 6.69. The van der Waals surface area contributed by atoms with Crippen molar-refractivity contribution in [1.82, 2.24) is 4.90 Å². The zero-order valence-corrected chi connectivity index (χ0v) is 10.3. The van der Waals surface area contributed by atoms with Crippen LogP contribution in [-0.4, -0.2) is 29.5 Å². The third-order valence-corrected chi connectivity index (χ3v) is 2.31. The molecule has 1 rings (SSSR count). The normalized spacial score (nSPS) is 9.62. The van der Waals surface area contributed by atoms with Crippen molar-refractivity contribution < 1.29 is 4.79 Å². The van der Waals surface area contributed by atoms with Crippen molar-refractivity contribution in [2.45, 2.75) is 0 Å². The molecular formula is C10H12ClN3OS. The van der Waals surface area contributed by atoms with Crippen LogP contribution in [0.5, 0.6) is 0 Å². The molecule has 0 bridgehead atoms. The van der Waals surface area contributed by atoms with Crippen LogP contribution in [0.1, 0.15) is 0 Å². The maximum absolute atomic E-state index is 11.6. The van der Waals surface area contributed by atoms with Gasteiger partial charge in [0.1, 0.15) is 0 Å². The van der Waals surface area contributed by atoms with Crippen molar-refractivity contribution >= 4 is 40.5 Å². The zero-order chi connectivity index (χ0) is 12.1. The number of hydrogen-bond acceptors (Lipinski definition) is 2. The van der Waals surface area contributed by atoms with Gasteiger partial charge in [0.2, 0.25) is 0 Å². The number of urea groups is 1. The first-order chi connectivity index (χ1) is 7.50. The second-order valence-corrected chi connectivity index (χ2v) is 4.16. The SMILES string of the molecule is CN(CC(N)=S)C(=O)Nc1ccccc1Cl. The van der Waals surface area contributed by atoms with E-state index in [4.69, 9.17) is 29.6 Å². The summed E-state index contributed by atoms with van der Waals surface area (Å²) < 4.78 is 0. The van der Waals surface area contributed by atoms with Gasteiger partial charge in [-0.05, 0) is 12.1 Å². The van der Waals surface area contributed by atoms with Crippen LogP contribution in [0.25, 0.3) is 0 Å². The number of para-hydroxylation sites is 1. The molecule has 6 heteroatoms. The Bertz CT molecular complexity index is 411. The number of thiocarbonyl (C=S) groups is 1. The monoisotopic (exact) mass is 257 g/mol. The van der Waals surface area contributed by atoms with E-state index >= 15 is 0 Å². The summed E-state index contributed by atoms with van der Waals surface area (Å²) in [5.41, 5.74) is 5.90. The number of carbonyl (C=O) groups excluding carboxylic acids is 1. The lowest BCUT2D eigenvalue weighted by Gasteiger charge is -2.17. The Balaban J connectivity index is 2.64. The summed E-state index contributed by atoms with van der Waals surface area (Å²) in [4.78, 5) is 13.3. The number of halogens is 1. The largest absolute Gasteiger partial charge is 0.392 e. The van der Waals surface area contributed by atoms with E-state index in [0.717, 1.165) is 0 Å². The second-order valence-electron chi connectivity index (χ2n) is 3.23. The molecule has 0 aliphatic rings. The van der Waals surface area contributed by atoms with E-state index in [0.29, 0.717) is 10.7 Å². The fourth-order valence-corrected chi connectivity index (χ4v) is 1.46. The van der Waals surface area contributed by atoms with Crippen molar-refractivity contribution in [3.05, 3.63) is 29.3 Å². The fraction of sp³-hybridized carbons (Fsp3) is 0.200. The van der Waals surface area contributed by atoms with Crippen molar-refractivity contribution in [3.8, 4) is 0 Å². The summed E-state index contributed by atoms with van der Waals surface area (Å²) in [5.74, 6) is 0. The third kappa shape index (κ3) is 3.67. The minimum Gasteiger partial charge on any atom is -0.392 e. The summed E-state index contributed by atoms with van der Waals surface area (Å²) >= 11 is 10.6. The van der Waals surface area contributed by atoms with Crippen LogP contribution in [0.2, 0.25) is 5.02 Å². The maximum atomic E-state index is 11.6. The number of nitrogens with one attached hydrogen (secondary N) is 1. The lowest BCUT2D eigenvalue weighted by atomic mass is 10.3. The Kier molecular flexibility index (Phi) is 4.52. The highest BCUT2D eigenvalue weighted by atomic mass is 35.5. The molecule has 0 aliphatic carbocycles. The minimum atomic E-state index is -0.305. The van der Waals surface area contributed by atoms with Crippen molar-refractivity contribution in [1.29, 1.82) is 0 Å². The second kappa shape index (κ2) is 5.67. The Morgan fingerprint density at radius 2 is 2.19 bits per heavy atom. The quantitative estimate of drug-likeness (QED) is 0.816. The van der Waals surface area contributed by atoms with Crippen molar-refractivity contribution in [2.75, 3.05) is 18.9 Å². The first-order valence-electron chi connectivity index (χ1n) is 4.55. The number of anilines is 1. The molecule has 4 nitrogen and oxygen atoms in total. The van der Waals surface area contributed by atoms with Crippen molar-refractivity contribution in [3.63, 3.8) is 0 Å². The Hall–Kier alpha value is -1.33. The van der Waals surface area contributed by atoms with Crippen LogP contribution in [0.15, 0.2) is 24.3 Å². The van der Waals surface area contributed by atoms with Crippen molar-refractivity contribution in [2.24, 2.45) is 5.73 Å². The molecule has 86 valence electrons. The van der Waals surface area contributed by atoms with Gasteiger partial charge >= 0.3 is 6.03 Å².